The molecule has 2 unspecified atom stereocenters. The highest BCUT2D eigenvalue weighted by atomic mass is 16.5. The van der Waals surface area contributed by atoms with Crippen molar-refractivity contribution in [1.29, 1.82) is 0 Å². The molecular formula is C16H25NO. The maximum atomic E-state index is 6.29. The van der Waals surface area contributed by atoms with Crippen LogP contribution in [0.4, 0.5) is 0 Å². The van der Waals surface area contributed by atoms with Crippen molar-refractivity contribution >= 4 is 0 Å². The quantitative estimate of drug-likeness (QED) is 0.824. The van der Waals surface area contributed by atoms with E-state index in [-0.39, 0.29) is 0 Å². The number of hydrogen-bond acceptors (Lipinski definition) is 2. The molecule has 100 valence electrons. The van der Waals surface area contributed by atoms with E-state index in [1.165, 1.54) is 43.2 Å². The van der Waals surface area contributed by atoms with Crippen LogP contribution in [0, 0.1) is 13.8 Å². The third kappa shape index (κ3) is 3.05. The van der Waals surface area contributed by atoms with Gasteiger partial charge in [-0.3, -0.25) is 0 Å². The van der Waals surface area contributed by atoms with Gasteiger partial charge in [0.2, 0.25) is 0 Å². The van der Waals surface area contributed by atoms with Gasteiger partial charge in [0.15, 0.2) is 0 Å². The second-order valence-corrected chi connectivity index (χ2v) is 5.39. The summed E-state index contributed by atoms with van der Waals surface area (Å²) in [6.07, 6.45) is 6.65. The maximum Gasteiger partial charge on any atom is 0.122 e. The van der Waals surface area contributed by atoms with Crippen molar-refractivity contribution in [3.8, 4) is 5.75 Å². The molecule has 1 aromatic carbocycles. The third-order valence-corrected chi connectivity index (χ3v) is 4.16. The first kappa shape index (κ1) is 13.4. The number of rotatable bonds is 3. The lowest BCUT2D eigenvalue weighted by atomic mass is 10.1. The van der Waals surface area contributed by atoms with Crippen LogP contribution < -0.4 is 10.1 Å². The molecule has 0 saturated heterocycles. The van der Waals surface area contributed by atoms with E-state index in [9.17, 15) is 0 Å². The van der Waals surface area contributed by atoms with Crippen molar-refractivity contribution in [2.24, 2.45) is 0 Å². The summed E-state index contributed by atoms with van der Waals surface area (Å²) < 4.78 is 6.29. The van der Waals surface area contributed by atoms with Gasteiger partial charge in [-0.05, 0) is 57.4 Å². The fourth-order valence-corrected chi connectivity index (χ4v) is 2.76. The van der Waals surface area contributed by atoms with Gasteiger partial charge in [0.05, 0.1) is 0 Å². The molecular weight excluding hydrogens is 222 g/mol. The van der Waals surface area contributed by atoms with Crippen molar-refractivity contribution in [3.63, 3.8) is 0 Å². The molecule has 1 fully saturated rings. The normalized spacial score (nSPS) is 24.6. The zero-order valence-corrected chi connectivity index (χ0v) is 11.8. The van der Waals surface area contributed by atoms with Crippen molar-refractivity contribution in [1.82, 2.24) is 5.32 Å². The van der Waals surface area contributed by atoms with Crippen LogP contribution in [0.15, 0.2) is 18.2 Å². The Balaban J connectivity index is 2.12. The van der Waals surface area contributed by atoms with Gasteiger partial charge in [-0.1, -0.05) is 25.0 Å². The molecule has 1 aliphatic carbocycles. The summed E-state index contributed by atoms with van der Waals surface area (Å²) in [6, 6.07) is 6.82. The predicted octanol–water partition coefficient (Wildman–Crippen LogP) is 3.60. The van der Waals surface area contributed by atoms with E-state index in [1.54, 1.807) is 0 Å². The zero-order valence-electron chi connectivity index (χ0n) is 11.8. The molecule has 0 heterocycles. The van der Waals surface area contributed by atoms with Crippen molar-refractivity contribution in [2.75, 3.05) is 7.05 Å². The summed E-state index contributed by atoms with van der Waals surface area (Å²) in [7, 11) is 2.05. The van der Waals surface area contributed by atoms with Crippen molar-refractivity contribution in [2.45, 2.75) is 58.1 Å². The minimum atomic E-state index is 0.318. The van der Waals surface area contributed by atoms with Crippen molar-refractivity contribution < 1.29 is 4.74 Å². The standard InChI is InChI=1S/C16H25NO/c1-12-8-7-11-15(13(12)2)18-16-10-6-4-5-9-14(16)17-3/h7-8,11,14,16-17H,4-6,9-10H2,1-3H3. The Morgan fingerprint density at radius 3 is 2.67 bits per heavy atom. The Bertz CT molecular complexity index is 389. The summed E-state index contributed by atoms with van der Waals surface area (Å²) in [4.78, 5) is 0. The van der Waals surface area contributed by atoms with Gasteiger partial charge in [0, 0.05) is 6.04 Å². The van der Waals surface area contributed by atoms with Crippen molar-refractivity contribution in [3.05, 3.63) is 29.3 Å². The summed E-state index contributed by atoms with van der Waals surface area (Å²) in [5.74, 6) is 1.06. The summed E-state index contributed by atoms with van der Waals surface area (Å²) in [6.45, 7) is 4.29. The molecule has 0 aromatic heterocycles. The smallest absolute Gasteiger partial charge is 0.122 e. The number of likely N-dealkylation sites (N-methyl/N-ethyl adjacent to an activating group) is 1. The van der Waals surface area contributed by atoms with Crippen LogP contribution in [0.25, 0.3) is 0 Å². The summed E-state index contributed by atoms with van der Waals surface area (Å²) in [5.41, 5.74) is 2.58. The molecule has 0 aliphatic heterocycles. The Morgan fingerprint density at radius 2 is 1.89 bits per heavy atom. The first-order valence-corrected chi connectivity index (χ1v) is 7.12. The van der Waals surface area contributed by atoms with Crippen LogP contribution in [0.1, 0.15) is 43.2 Å². The van der Waals surface area contributed by atoms with Crippen LogP contribution in [-0.2, 0) is 0 Å². The highest BCUT2D eigenvalue weighted by Crippen LogP contribution is 2.26. The van der Waals surface area contributed by atoms with E-state index in [2.05, 4.69) is 44.4 Å². The number of benzene rings is 1. The van der Waals surface area contributed by atoms with Crippen LogP contribution in [-0.4, -0.2) is 19.2 Å². The Kier molecular flexibility index (Phi) is 4.65. The molecule has 2 nitrogen and oxygen atoms in total. The average molecular weight is 247 g/mol. The highest BCUT2D eigenvalue weighted by Gasteiger charge is 2.24. The molecule has 1 saturated carbocycles. The predicted molar refractivity (Wildman–Crippen MR) is 76.3 cm³/mol. The van der Waals surface area contributed by atoms with Gasteiger partial charge >= 0.3 is 0 Å². The zero-order chi connectivity index (χ0) is 13.0. The Morgan fingerprint density at radius 1 is 1.11 bits per heavy atom. The molecule has 2 heteroatoms. The number of hydrogen-bond donors (Lipinski definition) is 1. The monoisotopic (exact) mass is 247 g/mol. The van der Waals surface area contributed by atoms with Crippen LogP contribution in [0.2, 0.25) is 0 Å². The Labute approximate surface area is 111 Å². The van der Waals surface area contributed by atoms with Gasteiger partial charge < -0.3 is 10.1 Å². The lowest BCUT2D eigenvalue weighted by Crippen LogP contribution is -2.40. The first-order chi connectivity index (χ1) is 8.72. The SMILES string of the molecule is CNC1CCCCCC1Oc1cccc(C)c1C. The molecule has 1 aliphatic rings. The summed E-state index contributed by atoms with van der Waals surface area (Å²) in [5, 5.41) is 3.42. The average Bonchev–Trinajstić information content (AvgIpc) is 2.60. The number of ether oxygens (including phenoxy) is 1. The lowest BCUT2D eigenvalue weighted by molar-refractivity contribution is 0.148. The van der Waals surface area contributed by atoms with E-state index in [0.717, 1.165) is 5.75 Å². The van der Waals surface area contributed by atoms with E-state index in [1.807, 2.05) is 0 Å². The van der Waals surface area contributed by atoms with Crippen LogP contribution >= 0.6 is 0 Å². The number of nitrogens with one attached hydrogen (secondary N) is 1. The fraction of sp³-hybridized carbons (Fsp3) is 0.625. The van der Waals surface area contributed by atoms with E-state index in [0.29, 0.717) is 12.1 Å². The molecule has 18 heavy (non-hydrogen) atoms. The van der Waals surface area contributed by atoms with Gasteiger partial charge in [0.25, 0.3) is 0 Å². The second-order valence-electron chi connectivity index (χ2n) is 5.39. The molecule has 1 N–H and O–H groups in total. The van der Waals surface area contributed by atoms with E-state index in [4.69, 9.17) is 4.74 Å². The maximum absolute atomic E-state index is 6.29. The molecule has 0 radical (unpaired) electrons. The molecule has 1 aromatic rings. The second kappa shape index (κ2) is 6.24. The van der Waals surface area contributed by atoms with Gasteiger partial charge in [0.1, 0.15) is 11.9 Å². The number of aryl methyl sites for hydroxylation is 1. The molecule has 0 spiro atoms. The minimum Gasteiger partial charge on any atom is -0.489 e. The van der Waals surface area contributed by atoms with Crippen LogP contribution in [0.3, 0.4) is 0 Å². The lowest BCUT2D eigenvalue weighted by Gasteiger charge is -2.26. The fourth-order valence-electron chi connectivity index (χ4n) is 2.76. The molecule has 2 atom stereocenters. The van der Waals surface area contributed by atoms with Gasteiger partial charge in [-0.2, -0.15) is 0 Å². The topological polar surface area (TPSA) is 21.3 Å². The van der Waals surface area contributed by atoms with E-state index < -0.39 is 0 Å². The van der Waals surface area contributed by atoms with Gasteiger partial charge in [-0.25, -0.2) is 0 Å². The first-order valence-electron chi connectivity index (χ1n) is 7.12. The highest BCUT2D eigenvalue weighted by molar-refractivity contribution is 5.38. The summed E-state index contributed by atoms with van der Waals surface area (Å²) >= 11 is 0. The molecule has 2 rings (SSSR count). The third-order valence-electron chi connectivity index (χ3n) is 4.16. The van der Waals surface area contributed by atoms with Crippen LogP contribution in [0.5, 0.6) is 5.75 Å². The molecule has 0 amide bonds. The Hall–Kier alpha value is -1.02. The largest absolute Gasteiger partial charge is 0.489 e. The minimum absolute atomic E-state index is 0.318. The molecule has 0 bridgehead atoms. The van der Waals surface area contributed by atoms with Gasteiger partial charge in [-0.15, -0.1) is 0 Å². The van der Waals surface area contributed by atoms with E-state index >= 15 is 0 Å².